The molecule has 5 nitrogen and oxygen atoms in total. The molecule has 2 rings (SSSR count). The molecular weight excluding hydrogens is 254 g/mol. The summed E-state index contributed by atoms with van der Waals surface area (Å²) in [5.41, 5.74) is 6.02. The van der Waals surface area contributed by atoms with Crippen LogP contribution in [0.3, 0.4) is 0 Å². The highest BCUT2D eigenvalue weighted by Crippen LogP contribution is 2.21. The summed E-state index contributed by atoms with van der Waals surface area (Å²) in [5.74, 6) is 1.10. The lowest BCUT2D eigenvalue weighted by Gasteiger charge is -2.09. The van der Waals surface area contributed by atoms with Crippen molar-refractivity contribution in [1.82, 2.24) is 9.97 Å². The van der Waals surface area contributed by atoms with Crippen LogP contribution in [0.2, 0.25) is 0 Å². The summed E-state index contributed by atoms with van der Waals surface area (Å²) < 4.78 is 28.5. The molecule has 0 aliphatic carbocycles. The molecule has 19 heavy (non-hydrogen) atoms. The molecule has 0 aliphatic heterocycles. The summed E-state index contributed by atoms with van der Waals surface area (Å²) >= 11 is 0. The number of aromatic nitrogens is 2. The molecular formula is C12H12F2N4O. The molecule has 1 aromatic heterocycles. The van der Waals surface area contributed by atoms with E-state index in [1.807, 2.05) is 0 Å². The SMILES string of the molecule is NCc1nccc(Nc2cccc(OC(F)F)c2)n1. The molecule has 0 fully saturated rings. The van der Waals surface area contributed by atoms with E-state index >= 15 is 0 Å². The third-order valence-corrected chi connectivity index (χ3v) is 2.22. The number of ether oxygens (including phenoxy) is 1. The highest BCUT2D eigenvalue weighted by atomic mass is 19.3. The van der Waals surface area contributed by atoms with E-state index in [-0.39, 0.29) is 12.3 Å². The first-order valence-corrected chi connectivity index (χ1v) is 5.51. The predicted octanol–water partition coefficient (Wildman–Crippen LogP) is 2.28. The van der Waals surface area contributed by atoms with Crippen molar-refractivity contribution in [2.24, 2.45) is 5.73 Å². The quantitative estimate of drug-likeness (QED) is 0.868. The van der Waals surface area contributed by atoms with Gasteiger partial charge in [0.2, 0.25) is 0 Å². The highest BCUT2D eigenvalue weighted by Gasteiger charge is 2.05. The predicted molar refractivity (Wildman–Crippen MR) is 66.3 cm³/mol. The zero-order valence-corrected chi connectivity index (χ0v) is 9.88. The van der Waals surface area contributed by atoms with Crippen LogP contribution in [-0.2, 0) is 6.54 Å². The number of halogens is 2. The number of hydrogen-bond acceptors (Lipinski definition) is 5. The maximum Gasteiger partial charge on any atom is 0.387 e. The van der Waals surface area contributed by atoms with Gasteiger partial charge in [0.25, 0.3) is 0 Å². The van der Waals surface area contributed by atoms with Crippen LogP contribution in [0.1, 0.15) is 5.82 Å². The van der Waals surface area contributed by atoms with Crippen LogP contribution in [0, 0.1) is 0 Å². The van der Waals surface area contributed by atoms with Gasteiger partial charge in [-0.1, -0.05) is 6.07 Å². The maximum absolute atomic E-state index is 12.1. The van der Waals surface area contributed by atoms with Crippen molar-refractivity contribution in [3.05, 3.63) is 42.4 Å². The number of benzene rings is 1. The number of anilines is 2. The average Bonchev–Trinajstić information content (AvgIpc) is 2.38. The van der Waals surface area contributed by atoms with E-state index in [4.69, 9.17) is 5.73 Å². The molecule has 0 saturated heterocycles. The summed E-state index contributed by atoms with van der Waals surface area (Å²) in [7, 11) is 0. The Balaban J connectivity index is 2.13. The Morgan fingerprint density at radius 2 is 2.16 bits per heavy atom. The molecule has 0 amide bonds. The van der Waals surface area contributed by atoms with Gasteiger partial charge < -0.3 is 15.8 Å². The highest BCUT2D eigenvalue weighted by molar-refractivity contribution is 5.57. The molecule has 100 valence electrons. The number of rotatable bonds is 5. The van der Waals surface area contributed by atoms with Crippen molar-refractivity contribution in [2.45, 2.75) is 13.2 Å². The summed E-state index contributed by atoms with van der Waals surface area (Å²) in [6, 6.07) is 7.87. The van der Waals surface area contributed by atoms with Crippen molar-refractivity contribution in [3.63, 3.8) is 0 Å². The first-order chi connectivity index (χ1) is 9.17. The van der Waals surface area contributed by atoms with E-state index in [1.165, 1.54) is 12.1 Å². The second-order valence-electron chi connectivity index (χ2n) is 3.59. The minimum Gasteiger partial charge on any atom is -0.435 e. The van der Waals surface area contributed by atoms with Gasteiger partial charge >= 0.3 is 6.61 Å². The minimum absolute atomic E-state index is 0.0769. The van der Waals surface area contributed by atoms with Gasteiger partial charge in [-0.3, -0.25) is 0 Å². The van der Waals surface area contributed by atoms with Crippen molar-refractivity contribution < 1.29 is 13.5 Å². The van der Waals surface area contributed by atoms with Gasteiger partial charge in [-0.05, 0) is 18.2 Å². The topological polar surface area (TPSA) is 73.1 Å². The van der Waals surface area contributed by atoms with Gasteiger partial charge in [0, 0.05) is 18.0 Å². The van der Waals surface area contributed by atoms with Gasteiger partial charge in [0.1, 0.15) is 17.4 Å². The first-order valence-electron chi connectivity index (χ1n) is 5.51. The van der Waals surface area contributed by atoms with Gasteiger partial charge in [-0.15, -0.1) is 0 Å². The van der Waals surface area contributed by atoms with Crippen molar-refractivity contribution >= 4 is 11.5 Å². The Morgan fingerprint density at radius 1 is 1.32 bits per heavy atom. The Morgan fingerprint density at radius 3 is 2.89 bits per heavy atom. The van der Waals surface area contributed by atoms with E-state index in [1.54, 1.807) is 24.4 Å². The minimum atomic E-state index is -2.85. The summed E-state index contributed by atoms with van der Waals surface area (Å²) in [6.45, 7) is -2.62. The summed E-state index contributed by atoms with van der Waals surface area (Å²) in [5, 5.41) is 2.96. The normalized spacial score (nSPS) is 10.5. The molecule has 0 spiro atoms. The standard InChI is InChI=1S/C12H12F2N4O/c13-12(14)19-9-3-1-2-8(6-9)17-10-4-5-16-11(7-15)18-10/h1-6,12H,7,15H2,(H,16,17,18). The van der Waals surface area contributed by atoms with Crippen molar-refractivity contribution in [1.29, 1.82) is 0 Å². The molecule has 0 unspecified atom stereocenters. The average molecular weight is 266 g/mol. The fraction of sp³-hybridized carbons (Fsp3) is 0.167. The number of nitrogens with zero attached hydrogens (tertiary/aromatic N) is 2. The second kappa shape index (κ2) is 6.05. The van der Waals surface area contributed by atoms with Gasteiger partial charge in [-0.25, -0.2) is 9.97 Å². The third-order valence-electron chi connectivity index (χ3n) is 2.22. The zero-order chi connectivity index (χ0) is 13.7. The van der Waals surface area contributed by atoms with E-state index in [2.05, 4.69) is 20.0 Å². The Hall–Kier alpha value is -2.28. The number of nitrogens with two attached hydrogens (primary N) is 1. The molecule has 1 aromatic carbocycles. The lowest BCUT2D eigenvalue weighted by atomic mass is 10.3. The first kappa shape index (κ1) is 13.2. The van der Waals surface area contributed by atoms with Crippen molar-refractivity contribution in [2.75, 3.05) is 5.32 Å². The molecule has 1 heterocycles. The lowest BCUT2D eigenvalue weighted by molar-refractivity contribution is -0.0497. The third kappa shape index (κ3) is 3.85. The molecule has 7 heteroatoms. The van der Waals surface area contributed by atoms with Crippen LogP contribution in [0.15, 0.2) is 36.5 Å². The molecule has 0 bridgehead atoms. The largest absolute Gasteiger partial charge is 0.435 e. The monoisotopic (exact) mass is 266 g/mol. The molecule has 0 saturated carbocycles. The Bertz CT molecular complexity index is 551. The maximum atomic E-state index is 12.1. The van der Waals surface area contributed by atoms with Crippen LogP contribution in [0.25, 0.3) is 0 Å². The van der Waals surface area contributed by atoms with E-state index < -0.39 is 6.61 Å². The van der Waals surface area contributed by atoms with E-state index in [0.717, 1.165) is 0 Å². The number of nitrogens with one attached hydrogen (secondary N) is 1. The Kier molecular flexibility index (Phi) is 4.19. The number of alkyl halides is 2. The van der Waals surface area contributed by atoms with Crippen LogP contribution in [0.5, 0.6) is 5.75 Å². The van der Waals surface area contributed by atoms with Crippen LogP contribution >= 0.6 is 0 Å². The smallest absolute Gasteiger partial charge is 0.387 e. The second-order valence-corrected chi connectivity index (χ2v) is 3.59. The van der Waals surface area contributed by atoms with Crippen molar-refractivity contribution in [3.8, 4) is 5.75 Å². The van der Waals surface area contributed by atoms with E-state index in [0.29, 0.717) is 17.3 Å². The van der Waals surface area contributed by atoms with Crippen LogP contribution < -0.4 is 15.8 Å². The van der Waals surface area contributed by atoms with E-state index in [9.17, 15) is 8.78 Å². The Labute approximate surface area is 108 Å². The molecule has 0 aliphatic rings. The molecule has 0 radical (unpaired) electrons. The van der Waals surface area contributed by atoms with Gasteiger partial charge in [0.15, 0.2) is 0 Å². The fourth-order valence-electron chi connectivity index (χ4n) is 1.46. The fourth-order valence-corrected chi connectivity index (χ4v) is 1.46. The van der Waals surface area contributed by atoms with Gasteiger partial charge in [0.05, 0.1) is 6.54 Å². The molecule has 0 atom stereocenters. The number of hydrogen-bond donors (Lipinski definition) is 2. The summed E-state index contributed by atoms with van der Waals surface area (Å²) in [6.07, 6.45) is 1.57. The summed E-state index contributed by atoms with van der Waals surface area (Å²) in [4.78, 5) is 8.10. The zero-order valence-electron chi connectivity index (χ0n) is 9.88. The van der Waals surface area contributed by atoms with Crippen LogP contribution in [0.4, 0.5) is 20.3 Å². The lowest BCUT2D eigenvalue weighted by Crippen LogP contribution is -2.05. The van der Waals surface area contributed by atoms with Crippen LogP contribution in [-0.4, -0.2) is 16.6 Å². The molecule has 2 aromatic rings. The van der Waals surface area contributed by atoms with Gasteiger partial charge in [-0.2, -0.15) is 8.78 Å². The molecule has 3 N–H and O–H groups in total.